The van der Waals surface area contributed by atoms with Crippen LogP contribution in [0.3, 0.4) is 0 Å². The molecule has 0 heterocycles. The normalized spacial score (nSPS) is 37.4. The Labute approximate surface area is 98.0 Å². The van der Waals surface area contributed by atoms with E-state index in [2.05, 4.69) is 0 Å². The Hall–Kier alpha value is -1.18. The van der Waals surface area contributed by atoms with Crippen molar-refractivity contribution in [1.29, 1.82) is 0 Å². The predicted octanol–water partition coefficient (Wildman–Crippen LogP) is -1.66. The minimum Gasteiger partial charge on any atom is -0.460 e. The fourth-order valence-corrected chi connectivity index (χ4v) is 1.81. The molecule has 0 aromatic heterocycles. The molecular formula is C10H16O7. The van der Waals surface area contributed by atoms with Gasteiger partial charge in [-0.05, 0) is 0 Å². The van der Waals surface area contributed by atoms with Gasteiger partial charge in [-0.25, -0.2) is 0 Å². The first-order chi connectivity index (χ1) is 7.82. The van der Waals surface area contributed by atoms with Crippen molar-refractivity contribution in [2.75, 3.05) is 0 Å². The molecule has 0 unspecified atom stereocenters. The van der Waals surface area contributed by atoms with Gasteiger partial charge in [0.05, 0.1) is 0 Å². The number of aliphatic hydroxyl groups is 3. The number of hydrogen-bond acceptors (Lipinski definition) is 7. The molecule has 1 aliphatic carbocycles. The molecule has 7 heteroatoms. The highest BCUT2D eigenvalue weighted by Gasteiger charge is 2.45. The monoisotopic (exact) mass is 248 g/mol. The molecule has 0 aromatic carbocycles. The largest absolute Gasteiger partial charge is 0.460 e. The average molecular weight is 248 g/mol. The SMILES string of the molecule is CC(=O)O[C@H]1C[C@H](OC(C)=O)[C@@H](O)C(O)[C@@H]1O. The van der Waals surface area contributed by atoms with E-state index in [9.17, 15) is 24.9 Å². The third-order valence-corrected chi connectivity index (χ3v) is 2.56. The summed E-state index contributed by atoms with van der Waals surface area (Å²) >= 11 is 0. The van der Waals surface area contributed by atoms with Crippen molar-refractivity contribution in [1.82, 2.24) is 0 Å². The van der Waals surface area contributed by atoms with Gasteiger partial charge in [-0.15, -0.1) is 0 Å². The second kappa shape index (κ2) is 5.44. The summed E-state index contributed by atoms with van der Waals surface area (Å²) in [6, 6.07) is 0. The van der Waals surface area contributed by atoms with Crippen LogP contribution in [-0.2, 0) is 19.1 Å². The molecule has 0 amide bonds. The lowest BCUT2D eigenvalue weighted by Crippen LogP contribution is -2.57. The Bertz CT molecular complexity index is 275. The van der Waals surface area contributed by atoms with Crippen molar-refractivity contribution in [3.05, 3.63) is 0 Å². The topological polar surface area (TPSA) is 113 Å². The van der Waals surface area contributed by atoms with E-state index in [4.69, 9.17) is 9.47 Å². The molecule has 98 valence electrons. The van der Waals surface area contributed by atoms with Gasteiger partial charge in [-0.1, -0.05) is 0 Å². The maximum atomic E-state index is 10.8. The Balaban J connectivity index is 2.74. The second-order valence-electron chi connectivity index (χ2n) is 4.00. The zero-order valence-electron chi connectivity index (χ0n) is 9.57. The molecule has 1 rings (SSSR count). The fourth-order valence-electron chi connectivity index (χ4n) is 1.81. The van der Waals surface area contributed by atoms with E-state index in [1.165, 1.54) is 0 Å². The third-order valence-electron chi connectivity index (χ3n) is 2.56. The van der Waals surface area contributed by atoms with E-state index >= 15 is 0 Å². The molecule has 4 atom stereocenters. The fraction of sp³-hybridized carbons (Fsp3) is 0.800. The zero-order valence-corrected chi connectivity index (χ0v) is 9.57. The molecule has 0 spiro atoms. The number of rotatable bonds is 2. The molecule has 1 saturated carbocycles. The maximum Gasteiger partial charge on any atom is 0.302 e. The predicted molar refractivity (Wildman–Crippen MR) is 53.7 cm³/mol. The molecule has 7 nitrogen and oxygen atoms in total. The van der Waals surface area contributed by atoms with Crippen molar-refractivity contribution in [3.63, 3.8) is 0 Å². The number of ether oxygens (including phenoxy) is 2. The van der Waals surface area contributed by atoms with Crippen LogP contribution in [0.5, 0.6) is 0 Å². The van der Waals surface area contributed by atoms with Crippen LogP contribution in [0.2, 0.25) is 0 Å². The second-order valence-corrected chi connectivity index (χ2v) is 4.00. The first kappa shape index (κ1) is 13.9. The summed E-state index contributed by atoms with van der Waals surface area (Å²) in [5, 5.41) is 28.7. The number of esters is 2. The summed E-state index contributed by atoms with van der Waals surface area (Å²) in [5.74, 6) is -1.25. The van der Waals surface area contributed by atoms with Crippen LogP contribution < -0.4 is 0 Å². The van der Waals surface area contributed by atoms with Gasteiger partial charge in [-0.2, -0.15) is 0 Å². The maximum absolute atomic E-state index is 10.8. The van der Waals surface area contributed by atoms with Crippen molar-refractivity contribution >= 4 is 11.9 Å². The van der Waals surface area contributed by atoms with Crippen LogP contribution in [-0.4, -0.2) is 57.8 Å². The molecular weight excluding hydrogens is 232 g/mol. The smallest absolute Gasteiger partial charge is 0.302 e. The first-order valence-electron chi connectivity index (χ1n) is 5.21. The summed E-state index contributed by atoms with van der Waals surface area (Å²) in [7, 11) is 0. The summed E-state index contributed by atoms with van der Waals surface area (Å²) in [6.45, 7) is 2.32. The molecule has 0 saturated heterocycles. The van der Waals surface area contributed by atoms with Gasteiger partial charge in [0.2, 0.25) is 0 Å². The quantitative estimate of drug-likeness (QED) is 0.501. The van der Waals surface area contributed by atoms with Gasteiger partial charge in [-0.3, -0.25) is 9.59 Å². The minimum absolute atomic E-state index is 0.0570. The van der Waals surface area contributed by atoms with Gasteiger partial charge in [0.1, 0.15) is 30.5 Å². The molecule has 0 radical (unpaired) electrons. The number of aliphatic hydroxyl groups excluding tert-OH is 3. The van der Waals surface area contributed by atoms with Gasteiger partial charge < -0.3 is 24.8 Å². The van der Waals surface area contributed by atoms with Gasteiger partial charge in [0, 0.05) is 20.3 Å². The number of carbonyl (C=O) groups is 2. The van der Waals surface area contributed by atoms with Crippen LogP contribution in [0.1, 0.15) is 20.3 Å². The Morgan fingerprint density at radius 2 is 1.24 bits per heavy atom. The standard InChI is InChI=1S/C10H16O7/c1-4(11)16-6-3-7(17-5(2)12)9(14)10(15)8(6)13/h6-10,13-15H,3H2,1-2H3/t6-,7-,8+,9+/m0/s1. The van der Waals surface area contributed by atoms with Gasteiger partial charge in [0.15, 0.2) is 0 Å². The highest BCUT2D eigenvalue weighted by Crippen LogP contribution is 2.25. The molecule has 1 fully saturated rings. The van der Waals surface area contributed by atoms with E-state index < -0.39 is 42.5 Å². The first-order valence-corrected chi connectivity index (χ1v) is 5.21. The Kier molecular flexibility index (Phi) is 4.44. The molecule has 3 N–H and O–H groups in total. The number of hydrogen-bond donors (Lipinski definition) is 3. The van der Waals surface area contributed by atoms with Crippen molar-refractivity contribution in [2.24, 2.45) is 0 Å². The van der Waals surface area contributed by atoms with Gasteiger partial charge in [0.25, 0.3) is 0 Å². The molecule has 0 aliphatic heterocycles. The van der Waals surface area contributed by atoms with Crippen molar-refractivity contribution < 1.29 is 34.4 Å². The lowest BCUT2D eigenvalue weighted by Gasteiger charge is -2.38. The molecule has 0 bridgehead atoms. The van der Waals surface area contributed by atoms with Crippen molar-refractivity contribution in [2.45, 2.75) is 50.8 Å². The number of carbonyl (C=O) groups excluding carboxylic acids is 2. The summed E-state index contributed by atoms with van der Waals surface area (Å²) in [4.78, 5) is 21.6. The van der Waals surface area contributed by atoms with Crippen LogP contribution in [0.25, 0.3) is 0 Å². The Morgan fingerprint density at radius 1 is 0.882 bits per heavy atom. The van der Waals surface area contributed by atoms with Crippen molar-refractivity contribution in [3.8, 4) is 0 Å². The van der Waals surface area contributed by atoms with E-state index in [1.54, 1.807) is 0 Å². The van der Waals surface area contributed by atoms with Crippen LogP contribution in [0, 0.1) is 0 Å². The lowest BCUT2D eigenvalue weighted by molar-refractivity contribution is -0.204. The van der Waals surface area contributed by atoms with E-state index in [1.807, 2.05) is 0 Å². The van der Waals surface area contributed by atoms with E-state index in [0.29, 0.717) is 0 Å². The lowest BCUT2D eigenvalue weighted by atomic mass is 9.87. The van der Waals surface area contributed by atoms with Crippen LogP contribution in [0.15, 0.2) is 0 Å². The molecule has 0 aromatic rings. The molecule has 17 heavy (non-hydrogen) atoms. The van der Waals surface area contributed by atoms with E-state index in [-0.39, 0.29) is 6.42 Å². The molecule has 1 aliphatic rings. The highest BCUT2D eigenvalue weighted by atomic mass is 16.6. The zero-order chi connectivity index (χ0) is 13.2. The highest BCUT2D eigenvalue weighted by molar-refractivity contribution is 5.67. The third kappa shape index (κ3) is 3.39. The summed E-state index contributed by atoms with van der Waals surface area (Å²) in [5.41, 5.74) is 0. The minimum atomic E-state index is -1.53. The Morgan fingerprint density at radius 3 is 1.53 bits per heavy atom. The van der Waals surface area contributed by atoms with Crippen LogP contribution >= 0.6 is 0 Å². The summed E-state index contributed by atoms with van der Waals surface area (Å²) < 4.78 is 9.57. The van der Waals surface area contributed by atoms with Gasteiger partial charge >= 0.3 is 11.9 Å². The van der Waals surface area contributed by atoms with E-state index in [0.717, 1.165) is 13.8 Å². The average Bonchev–Trinajstić information content (AvgIpc) is 2.20. The van der Waals surface area contributed by atoms with Crippen LogP contribution in [0.4, 0.5) is 0 Å². The summed E-state index contributed by atoms with van der Waals surface area (Å²) in [6.07, 6.45) is -6.40.